The van der Waals surface area contributed by atoms with Crippen molar-refractivity contribution in [1.82, 2.24) is 9.78 Å². The lowest BCUT2D eigenvalue weighted by Gasteiger charge is -2.08. The fourth-order valence-electron chi connectivity index (χ4n) is 2.33. The van der Waals surface area contributed by atoms with Crippen LogP contribution in [-0.4, -0.2) is 34.2 Å². The second-order valence-corrected chi connectivity index (χ2v) is 6.87. The summed E-state index contributed by atoms with van der Waals surface area (Å²) < 4.78 is 6.62. The molecule has 0 radical (unpaired) electrons. The van der Waals surface area contributed by atoms with Crippen molar-refractivity contribution >= 4 is 45.7 Å². The maximum absolute atomic E-state index is 12.3. The number of nitrogens with two attached hydrogens (primary N) is 1. The highest BCUT2D eigenvalue weighted by Gasteiger charge is 2.25. The Kier molecular flexibility index (Phi) is 6.38. The third-order valence-electron chi connectivity index (χ3n) is 3.70. The predicted molar refractivity (Wildman–Crippen MR) is 98.8 cm³/mol. The topological polar surface area (TPSA) is 116 Å². The van der Waals surface area contributed by atoms with Gasteiger partial charge in [0.2, 0.25) is 5.91 Å². The molecule has 0 aliphatic rings. The van der Waals surface area contributed by atoms with E-state index in [4.69, 9.17) is 22.1 Å². The van der Waals surface area contributed by atoms with Crippen molar-refractivity contribution in [1.29, 1.82) is 0 Å². The summed E-state index contributed by atoms with van der Waals surface area (Å²) in [5, 5.41) is 7.51. The number of hydrogen-bond donors (Lipinski definition) is 2. The lowest BCUT2D eigenvalue weighted by molar-refractivity contribution is -0.116. The number of anilines is 1. The number of halogens is 1. The van der Waals surface area contributed by atoms with E-state index < -0.39 is 11.9 Å². The van der Waals surface area contributed by atoms with Gasteiger partial charge < -0.3 is 15.8 Å². The summed E-state index contributed by atoms with van der Waals surface area (Å²) in [6, 6.07) is 0. The number of carbonyl (C=O) groups excluding carboxylic acids is 3. The van der Waals surface area contributed by atoms with Crippen LogP contribution in [-0.2, 0) is 16.1 Å². The molecule has 0 fully saturated rings. The van der Waals surface area contributed by atoms with Gasteiger partial charge in [0.1, 0.15) is 5.00 Å². The minimum atomic E-state index is -0.666. The van der Waals surface area contributed by atoms with Gasteiger partial charge in [0.25, 0.3) is 5.91 Å². The van der Waals surface area contributed by atoms with Crippen molar-refractivity contribution in [3.05, 3.63) is 32.9 Å². The number of thiophene rings is 1. The van der Waals surface area contributed by atoms with Crippen molar-refractivity contribution in [2.45, 2.75) is 33.7 Å². The summed E-state index contributed by atoms with van der Waals surface area (Å²) in [4.78, 5) is 36.2. The molecular formula is C16H19ClN4O4S. The zero-order chi connectivity index (χ0) is 19.4. The Morgan fingerprint density at radius 2 is 2.08 bits per heavy atom. The molecule has 2 heterocycles. The normalized spacial score (nSPS) is 10.6. The van der Waals surface area contributed by atoms with Crippen molar-refractivity contribution in [2.75, 3.05) is 11.9 Å². The summed E-state index contributed by atoms with van der Waals surface area (Å²) in [7, 11) is 0. The molecule has 2 amide bonds. The highest BCUT2D eigenvalue weighted by atomic mass is 35.5. The molecule has 2 aromatic heterocycles. The van der Waals surface area contributed by atoms with Gasteiger partial charge in [0.05, 0.1) is 40.5 Å². The molecule has 2 aromatic rings. The van der Waals surface area contributed by atoms with E-state index in [0.29, 0.717) is 17.1 Å². The molecule has 2 rings (SSSR count). The molecule has 0 aromatic carbocycles. The maximum atomic E-state index is 12.3. The molecule has 26 heavy (non-hydrogen) atoms. The second kappa shape index (κ2) is 8.33. The summed E-state index contributed by atoms with van der Waals surface area (Å²) in [5.74, 6) is -1.61. The largest absolute Gasteiger partial charge is 0.462 e. The number of nitrogens with zero attached hydrogens (tertiary/aromatic N) is 2. The Hall–Kier alpha value is -2.39. The third-order valence-corrected chi connectivity index (χ3v) is 5.29. The van der Waals surface area contributed by atoms with E-state index in [2.05, 4.69) is 10.4 Å². The van der Waals surface area contributed by atoms with Crippen LogP contribution in [0, 0.1) is 13.8 Å². The molecule has 0 aliphatic carbocycles. The van der Waals surface area contributed by atoms with Crippen molar-refractivity contribution < 1.29 is 19.1 Å². The van der Waals surface area contributed by atoms with E-state index in [-0.39, 0.29) is 34.4 Å². The zero-order valence-electron chi connectivity index (χ0n) is 14.6. The molecule has 3 N–H and O–H groups in total. The molecule has 0 aliphatic heterocycles. The molecule has 10 heteroatoms. The van der Waals surface area contributed by atoms with E-state index in [1.807, 2.05) is 0 Å². The van der Waals surface area contributed by atoms with Gasteiger partial charge in [0.15, 0.2) is 0 Å². The number of aryl methyl sites for hydroxylation is 1. The Bertz CT molecular complexity index is 859. The molecule has 0 atom stereocenters. The summed E-state index contributed by atoms with van der Waals surface area (Å²) in [6.07, 6.45) is 1.62. The fraction of sp³-hybridized carbons (Fsp3) is 0.375. The number of nitrogens with one attached hydrogen (secondary N) is 1. The average Bonchev–Trinajstić information content (AvgIpc) is 3.06. The van der Waals surface area contributed by atoms with Crippen LogP contribution in [0.3, 0.4) is 0 Å². The van der Waals surface area contributed by atoms with Gasteiger partial charge in [-0.2, -0.15) is 5.10 Å². The number of carbonyl (C=O) groups is 3. The van der Waals surface area contributed by atoms with E-state index >= 15 is 0 Å². The van der Waals surface area contributed by atoms with Crippen LogP contribution in [0.2, 0.25) is 5.02 Å². The number of rotatable bonds is 7. The number of esters is 1. The van der Waals surface area contributed by atoms with Crippen LogP contribution in [0.25, 0.3) is 0 Å². The minimum absolute atomic E-state index is 0.115. The first-order valence-electron chi connectivity index (χ1n) is 7.84. The molecule has 0 unspecified atom stereocenters. The lowest BCUT2D eigenvalue weighted by atomic mass is 10.1. The van der Waals surface area contributed by atoms with Gasteiger partial charge >= 0.3 is 5.97 Å². The summed E-state index contributed by atoms with van der Waals surface area (Å²) >= 11 is 6.89. The average molecular weight is 399 g/mol. The maximum Gasteiger partial charge on any atom is 0.341 e. The van der Waals surface area contributed by atoms with Gasteiger partial charge in [-0.05, 0) is 26.3 Å². The van der Waals surface area contributed by atoms with Crippen LogP contribution in [0.5, 0.6) is 0 Å². The van der Waals surface area contributed by atoms with Crippen LogP contribution < -0.4 is 11.1 Å². The molecular weight excluding hydrogens is 380 g/mol. The Morgan fingerprint density at radius 3 is 2.62 bits per heavy atom. The molecule has 8 nitrogen and oxygen atoms in total. The standard InChI is InChI=1S/C16H19ClN4O4S/c1-4-25-16(24)12-8(2)13(14(18)23)26-15(12)20-11(22)5-6-21-9(3)10(17)7-19-21/h7H,4-6H2,1-3H3,(H2,18,23)(H,20,22). The second-order valence-electron chi connectivity index (χ2n) is 5.44. The van der Waals surface area contributed by atoms with E-state index in [0.717, 1.165) is 17.0 Å². The van der Waals surface area contributed by atoms with Gasteiger partial charge in [-0.25, -0.2) is 4.79 Å². The van der Waals surface area contributed by atoms with Gasteiger partial charge in [-0.15, -0.1) is 11.3 Å². The number of primary amides is 1. The van der Waals surface area contributed by atoms with Gasteiger partial charge in [0, 0.05) is 6.42 Å². The smallest absolute Gasteiger partial charge is 0.341 e. The first-order valence-corrected chi connectivity index (χ1v) is 9.03. The van der Waals surface area contributed by atoms with Gasteiger partial charge in [-0.1, -0.05) is 11.6 Å². The van der Waals surface area contributed by atoms with Crippen LogP contribution in [0.1, 0.15) is 44.6 Å². The SMILES string of the molecule is CCOC(=O)c1c(NC(=O)CCn2ncc(Cl)c2C)sc(C(N)=O)c1C. The van der Waals surface area contributed by atoms with Crippen molar-refractivity contribution in [3.63, 3.8) is 0 Å². The van der Waals surface area contributed by atoms with Crippen molar-refractivity contribution in [2.24, 2.45) is 5.73 Å². The third kappa shape index (κ3) is 4.23. The number of hydrogen-bond acceptors (Lipinski definition) is 6. The molecule has 140 valence electrons. The van der Waals surface area contributed by atoms with E-state index in [1.165, 1.54) is 6.20 Å². The highest BCUT2D eigenvalue weighted by molar-refractivity contribution is 7.18. The zero-order valence-corrected chi connectivity index (χ0v) is 16.2. The van der Waals surface area contributed by atoms with Crippen LogP contribution in [0.4, 0.5) is 5.00 Å². The molecule has 0 saturated heterocycles. The Labute approximate surface area is 159 Å². The quantitative estimate of drug-likeness (QED) is 0.695. The minimum Gasteiger partial charge on any atom is -0.462 e. The Morgan fingerprint density at radius 1 is 1.38 bits per heavy atom. The molecule has 0 spiro atoms. The monoisotopic (exact) mass is 398 g/mol. The molecule has 0 bridgehead atoms. The lowest BCUT2D eigenvalue weighted by Crippen LogP contribution is -2.17. The van der Waals surface area contributed by atoms with E-state index in [9.17, 15) is 14.4 Å². The summed E-state index contributed by atoms with van der Waals surface area (Å²) in [5.41, 5.74) is 6.64. The van der Waals surface area contributed by atoms with E-state index in [1.54, 1.807) is 25.5 Å². The predicted octanol–water partition coefficient (Wildman–Crippen LogP) is 2.52. The van der Waals surface area contributed by atoms with Crippen LogP contribution in [0.15, 0.2) is 6.20 Å². The number of ether oxygens (including phenoxy) is 1. The number of aromatic nitrogens is 2. The van der Waals surface area contributed by atoms with Crippen LogP contribution >= 0.6 is 22.9 Å². The van der Waals surface area contributed by atoms with Crippen molar-refractivity contribution in [3.8, 4) is 0 Å². The Balaban J connectivity index is 2.17. The summed E-state index contributed by atoms with van der Waals surface area (Å²) in [6.45, 7) is 5.56. The fourth-order valence-corrected chi connectivity index (χ4v) is 3.54. The highest BCUT2D eigenvalue weighted by Crippen LogP contribution is 2.33. The molecule has 0 saturated carbocycles. The number of amides is 2. The first-order chi connectivity index (χ1) is 12.3. The first kappa shape index (κ1) is 19.9. The van der Waals surface area contributed by atoms with Gasteiger partial charge in [-0.3, -0.25) is 14.3 Å².